The molecule has 1 aromatic carbocycles. The van der Waals surface area contributed by atoms with E-state index < -0.39 is 12.3 Å². The number of carboxylic acids is 1. The number of unbranched alkanes of at least 4 members (excludes halogenated alkanes) is 7. The highest BCUT2D eigenvalue weighted by molar-refractivity contribution is 5.66. The molecule has 0 aliphatic heterocycles. The summed E-state index contributed by atoms with van der Waals surface area (Å²) in [6.07, 6.45) is 8.85. The lowest BCUT2D eigenvalue weighted by molar-refractivity contribution is -0.137. The third-order valence-electron chi connectivity index (χ3n) is 3.88. The van der Waals surface area contributed by atoms with Crippen LogP contribution in [0.25, 0.3) is 0 Å². The summed E-state index contributed by atoms with van der Waals surface area (Å²) in [4.78, 5) is 10.4. The molecule has 1 aromatic rings. The molecule has 4 heteroatoms. The molecule has 0 bridgehead atoms. The lowest BCUT2D eigenvalue weighted by Crippen LogP contribution is -2.11. The number of hydrogen-bond acceptors (Lipinski definition) is 3. The average Bonchev–Trinajstić information content (AvgIpc) is 2.55. The highest BCUT2D eigenvalue weighted by Gasteiger charge is 2.04. The van der Waals surface area contributed by atoms with Crippen LogP contribution in [0.15, 0.2) is 30.3 Å². The number of aliphatic carboxylic acids is 1. The van der Waals surface area contributed by atoms with Crippen LogP contribution >= 0.6 is 0 Å². The van der Waals surface area contributed by atoms with Crippen molar-refractivity contribution in [2.75, 3.05) is 0 Å². The molecule has 0 radical (unpaired) electrons. The summed E-state index contributed by atoms with van der Waals surface area (Å²) in [5.74, 6) is -0.696. The standard InChI is InChI=1S/C19H30O4/c20-18(21)14-10-5-3-1-2-4-6-11-15-19(22)23-16-17-12-8-7-9-13-17/h7-9,12-13,19,22H,1-6,10-11,14-16H2,(H,20,21). The molecule has 2 N–H and O–H groups in total. The van der Waals surface area contributed by atoms with E-state index in [-0.39, 0.29) is 0 Å². The first-order chi connectivity index (χ1) is 11.2. The number of hydrogen-bond donors (Lipinski definition) is 2. The van der Waals surface area contributed by atoms with Crippen LogP contribution in [0, 0.1) is 0 Å². The fourth-order valence-electron chi connectivity index (χ4n) is 2.51. The summed E-state index contributed by atoms with van der Waals surface area (Å²) < 4.78 is 5.43. The van der Waals surface area contributed by atoms with E-state index in [2.05, 4.69) is 0 Å². The van der Waals surface area contributed by atoms with Crippen LogP contribution in [0.3, 0.4) is 0 Å². The first kappa shape index (κ1) is 19.7. The van der Waals surface area contributed by atoms with Gasteiger partial charge < -0.3 is 14.9 Å². The third kappa shape index (κ3) is 11.8. The Bertz CT molecular complexity index is 405. The average molecular weight is 322 g/mol. The van der Waals surface area contributed by atoms with Crippen molar-refractivity contribution in [1.82, 2.24) is 0 Å². The predicted octanol–water partition coefficient (Wildman–Crippen LogP) is 4.51. The zero-order valence-electron chi connectivity index (χ0n) is 14.0. The Morgan fingerprint density at radius 2 is 1.48 bits per heavy atom. The number of rotatable bonds is 14. The van der Waals surface area contributed by atoms with Crippen LogP contribution in [0.4, 0.5) is 0 Å². The molecule has 1 unspecified atom stereocenters. The van der Waals surface area contributed by atoms with Gasteiger partial charge in [-0.1, -0.05) is 68.9 Å². The molecule has 0 heterocycles. The van der Waals surface area contributed by atoms with Gasteiger partial charge in [-0.3, -0.25) is 4.79 Å². The molecule has 1 atom stereocenters. The quantitative estimate of drug-likeness (QED) is 0.391. The van der Waals surface area contributed by atoms with Gasteiger partial charge in [0.1, 0.15) is 0 Å². The Kier molecular flexibility index (Phi) is 11.2. The number of aliphatic hydroxyl groups excluding tert-OH is 1. The molecule has 130 valence electrons. The van der Waals surface area contributed by atoms with Gasteiger partial charge in [0.05, 0.1) is 6.61 Å². The maximum atomic E-state index is 10.4. The Morgan fingerprint density at radius 1 is 0.913 bits per heavy atom. The van der Waals surface area contributed by atoms with Gasteiger partial charge in [-0.25, -0.2) is 0 Å². The van der Waals surface area contributed by atoms with Gasteiger partial charge in [-0.15, -0.1) is 0 Å². The third-order valence-corrected chi connectivity index (χ3v) is 3.88. The SMILES string of the molecule is O=C(O)CCCCCCCCCCC(O)OCc1ccccc1. The molecule has 0 saturated carbocycles. The first-order valence-electron chi connectivity index (χ1n) is 8.74. The zero-order valence-corrected chi connectivity index (χ0v) is 14.0. The summed E-state index contributed by atoms with van der Waals surface area (Å²) in [5, 5.41) is 18.3. The first-order valence-corrected chi connectivity index (χ1v) is 8.74. The van der Waals surface area contributed by atoms with Crippen LogP contribution in [0.1, 0.15) is 69.8 Å². The number of carbonyl (C=O) groups is 1. The van der Waals surface area contributed by atoms with Gasteiger partial charge in [0.2, 0.25) is 0 Å². The van der Waals surface area contributed by atoms with Gasteiger partial charge in [0, 0.05) is 6.42 Å². The van der Waals surface area contributed by atoms with Crippen molar-refractivity contribution in [3.05, 3.63) is 35.9 Å². The smallest absolute Gasteiger partial charge is 0.303 e. The van der Waals surface area contributed by atoms with Crippen LogP contribution in [0.2, 0.25) is 0 Å². The van der Waals surface area contributed by atoms with Crippen molar-refractivity contribution < 1.29 is 19.7 Å². The van der Waals surface area contributed by atoms with Crippen molar-refractivity contribution >= 4 is 5.97 Å². The predicted molar refractivity (Wildman–Crippen MR) is 91.0 cm³/mol. The van der Waals surface area contributed by atoms with Crippen LogP contribution in [-0.4, -0.2) is 22.5 Å². The molecule has 0 fully saturated rings. The van der Waals surface area contributed by atoms with E-state index in [9.17, 15) is 9.90 Å². The van der Waals surface area contributed by atoms with Crippen molar-refractivity contribution in [1.29, 1.82) is 0 Å². The Morgan fingerprint density at radius 3 is 2.09 bits per heavy atom. The summed E-state index contributed by atoms with van der Waals surface area (Å²) >= 11 is 0. The monoisotopic (exact) mass is 322 g/mol. The molecule has 1 rings (SSSR count). The summed E-state index contributed by atoms with van der Waals surface area (Å²) in [5.41, 5.74) is 1.08. The lowest BCUT2D eigenvalue weighted by atomic mass is 10.1. The van der Waals surface area contributed by atoms with Crippen molar-refractivity contribution in [3.63, 3.8) is 0 Å². The highest BCUT2D eigenvalue weighted by Crippen LogP contribution is 2.12. The second-order valence-corrected chi connectivity index (χ2v) is 6.01. The summed E-state index contributed by atoms with van der Waals surface area (Å²) in [6, 6.07) is 9.87. The fraction of sp³-hybridized carbons (Fsp3) is 0.632. The summed E-state index contributed by atoms with van der Waals surface area (Å²) in [6.45, 7) is 0.457. The van der Waals surface area contributed by atoms with Gasteiger partial charge in [0.25, 0.3) is 0 Å². The second-order valence-electron chi connectivity index (χ2n) is 6.01. The van der Waals surface area contributed by atoms with Crippen molar-refractivity contribution in [3.8, 4) is 0 Å². The Hall–Kier alpha value is -1.39. The van der Waals surface area contributed by atoms with E-state index in [0.29, 0.717) is 19.4 Å². The molecular formula is C19H30O4. The van der Waals surface area contributed by atoms with E-state index in [0.717, 1.165) is 37.7 Å². The lowest BCUT2D eigenvalue weighted by Gasteiger charge is -2.12. The van der Waals surface area contributed by atoms with Crippen LogP contribution < -0.4 is 0 Å². The van der Waals surface area contributed by atoms with Gasteiger partial charge in [-0.2, -0.15) is 0 Å². The highest BCUT2D eigenvalue weighted by atomic mass is 16.6. The zero-order chi connectivity index (χ0) is 16.8. The molecule has 0 aliphatic carbocycles. The number of benzene rings is 1. The number of carboxylic acid groups (broad SMARTS) is 1. The van der Waals surface area contributed by atoms with Gasteiger partial charge in [0.15, 0.2) is 6.29 Å². The van der Waals surface area contributed by atoms with Crippen LogP contribution in [0.5, 0.6) is 0 Å². The topological polar surface area (TPSA) is 66.8 Å². The van der Waals surface area contributed by atoms with E-state index in [1.807, 2.05) is 30.3 Å². The Balaban J connectivity index is 1.86. The Labute approximate surface area is 139 Å². The fourth-order valence-corrected chi connectivity index (χ4v) is 2.51. The minimum absolute atomic E-state index is 0.293. The maximum absolute atomic E-state index is 10.4. The van der Waals surface area contributed by atoms with Gasteiger partial charge >= 0.3 is 5.97 Å². The van der Waals surface area contributed by atoms with Gasteiger partial charge in [-0.05, 0) is 24.8 Å². The molecule has 0 aromatic heterocycles. The van der Waals surface area contributed by atoms with Crippen molar-refractivity contribution in [2.24, 2.45) is 0 Å². The minimum Gasteiger partial charge on any atom is -0.481 e. The van der Waals surface area contributed by atoms with E-state index >= 15 is 0 Å². The molecule has 0 saturated heterocycles. The summed E-state index contributed by atoms with van der Waals surface area (Å²) in [7, 11) is 0. The van der Waals surface area contributed by atoms with E-state index in [1.165, 1.54) is 19.3 Å². The number of aliphatic hydroxyl groups is 1. The van der Waals surface area contributed by atoms with Crippen LogP contribution in [-0.2, 0) is 16.1 Å². The second kappa shape index (κ2) is 13.1. The normalized spacial score (nSPS) is 12.2. The van der Waals surface area contributed by atoms with Crippen molar-refractivity contribution in [2.45, 2.75) is 77.1 Å². The van der Waals surface area contributed by atoms with E-state index in [4.69, 9.17) is 9.84 Å². The molecule has 0 amide bonds. The minimum atomic E-state index is -0.696. The molecule has 4 nitrogen and oxygen atoms in total. The number of ether oxygens (including phenoxy) is 1. The molecular weight excluding hydrogens is 292 g/mol. The maximum Gasteiger partial charge on any atom is 0.303 e. The van der Waals surface area contributed by atoms with E-state index in [1.54, 1.807) is 0 Å². The molecule has 0 spiro atoms. The molecule has 23 heavy (non-hydrogen) atoms. The molecule has 0 aliphatic rings. The largest absolute Gasteiger partial charge is 0.481 e.